The minimum absolute atomic E-state index is 0.304. The van der Waals surface area contributed by atoms with Crippen LogP contribution in [-0.4, -0.2) is 18.9 Å². The van der Waals surface area contributed by atoms with E-state index in [2.05, 4.69) is 0 Å². The fourth-order valence-electron chi connectivity index (χ4n) is 1.43. The Labute approximate surface area is 57.4 Å². The highest BCUT2D eigenvalue weighted by Crippen LogP contribution is 2.29. The molecule has 3 heteroatoms. The van der Waals surface area contributed by atoms with E-state index in [1.807, 2.05) is 0 Å². The Balaban J connectivity index is 2.23. The van der Waals surface area contributed by atoms with Gasteiger partial charge in [0.15, 0.2) is 0 Å². The molecule has 0 heterocycles. The van der Waals surface area contributed by atoms with Gasteiger partial charge < -0.3 is 9.59 Å². The topological polar surface area (TPSA) is 40.5 Å². The molecule has 0 unspecified atom stereocenters. The fraction of sp³-hybridized carbons (Fsp3) is 1.00. The van der Waals surface area contributed by atoms with Crippen LogP contribution in [-0.2, 0) is 0 Å². The molecule has 9 heavy (non-hydrogen) atoms. The summed E-state index contributed by atoms with van der Waals surface area (Å²) in [4.78, 5) is 17.7. The van der Waals surface area contributed by atoms with Crippen molar-refractivity contribution in [3.05, 3.63) is 0 Å². The standard InChI is InChI=1S/C6H14O2Si/c7-9(8)6-4-2-1-3-5-6/h6-9H,1-5H2. The molecule has 0 aromatic carbocycles. The quantitative estimate of drug-likeness (QED) is 0.530. The van der Waals surface area contributed by atoms with Crippen molar-refractivity contribution in [2.45, 2.75) is 37.6 Å². The molecule has 1 fully saturated rings. The Morgan fingerprint density at radius 3 is 1.89 bits per heavy atom. The van der Waals surface area contributed by atoms with E-state index in [-0.39, 0.29) is 0 Å². The summed E-state index contributed by atoms with van der Waals surface area (Å²) in [6, 6.07) is 0. The summed E-state index contributed by atoms with van der Waals surface area (Å²) in [5.74, 6) is 0. The predicted molar refractivity (Wildman–Crippen MR) is 38.4 cm³/mol. The van der Waals surface area contributed by atoms with E-state index in [0.717, 1.165) is 12.8 Å². The van der Waals surface area contributed by atoms with Crippen molar-refractivity contribution in [1.82, 2.24) is 0 Å². The SMILES string of the molecule is O[SiH](O)C1CCCCC1. The molecule has 1 rings (SSSR count). The maximum absolute atomic E-state index is 8.87. The van der Waals surface area contributed by atoms with Crippen LogP contribution in [0.1, 0.15) is 32.1 Å². The van der Waals surface area contributed by atoms with Gasteiger partial charge in [-0.05, 0) is 18.4 Å². The average molecular weight is 146 g/mol. The number of rotatable bonds is 1. The maximum Gasteiger partial charge on any atom is 0.319 e. The molecule has 1 aliphatic carbocycles. The summed E-state index contributed by atoms with van der Waals surface area (Å²) in [5.41, 5.74) is 0.304. The Kier molecular flexibility index (Phi) is 2.69. The molecular weight excluding hydrogens is 132 g/mol. The van der Waals surface area contributed by atoms with Crippen LogP contribution >= 0.6 is 0 Å². The summed E-state index contributed by atoms with van der Waals surface area (Å²) in [6.45, 7) is 0. The maximum atomic E-state index is 8.87. The highest BCUT2D eigenvalue weighted by Gasteiger charge is 2.21. The van der Waals surface area contributed by atoms with Crippen molar-refractivity contribution in [1.29, 1.82) is 0 Å². The molecule has 0 aromatic heterocycles. The smallest absolute Gasteiger partial charge is 0.319 e. The van der Waals surface area contributed by atoms with Crippen LogP contribution in [0.4, 0.5) is 0 Å². The van der Waals surface area contributed by atoms with Gasteiger partial charge in [-0.15, -0.1) is 0 Å². The van der Waals surface area contributed by atoms with Crippen molar-refractivity contribution in [3.63, 3.8) is 0 Å². The predicted octanol–water partition coefficient (Wildman–Crippen LogP) is 0.526. The number of hydrogen-bond acceptors (Lipinski definition) is 2. The highest BCUT2D eigenvalue weighted by atomic mass is 28.3. The van der Waals surface area contributed by atoms with Gasteiger partial charge in [0.05, 0.1) is 0 Å². The molecule has 0 radical (unpaired) electrons. The van der Waals surface area contributed by atoms with Crippen molar-refractivity contribution in [2.75, 3.05) is 0 Å². The molecule has 1 saturated carbocycles. The summed E-state index contributed by atoms with van der Waals surface area (Å²) < 4.78 is 0. The minimum Gasteiger partial charge on any atom is -0.413 e. The molecular formula is C6H14O2Si. The first-order chi connectivity index (χ1) is 4.30. The van der Waals surface area contributed by atoms with Gasteiger partial charge in [-0.25, -0.2) is 0 Å². The van der Waals surface area contributed by atoms with Crippen molar-refractivity contribution < 1.29 is 9.59 Å². The Bertz CT molecular complexity index is 79.1. The van der Waals surface area contributed by atoms with E-state index in [1.165, 1.54) is 19.3 Å². The lowest BCUT2D eigenvalue weighted by atomic mass is 10.0. The van der Waals surface area contributed by atoms with Gasteiger partial charge in [-0.1, -0.05) is 19.3 Å². The van der Waals surface area contributed by atoms with Gasteiger partial charge in [0.2, 0.25) is 0 Å². The zero-order valence-corrected chi connectivity index (χ0v) is 6.74. The summed E-state index contributed by atoms with van der Waals surface area (Å²) in [5, 5.41) is 0. The summed E-state index contributed by atoms with van der Waals surface area (Å²) in [6.07, 6.45) is 5.82. The number of hydrogen-bond donors (Lipinski definition) is 2. The van der Waals surface area contributed by atoms with Gasteiger partial charge >= 0.3 is 9.28 Å². The van der Waals surface area contributed by atoms with Gasteiger partial charge in [0, 0.05) is 0 Å². The van der Waals surface area contributed by atoms with Crippen LogP contribution in [0.5, 0.6) is 0 Å². The zero-order valence-electron chi connectivity index (χ0n) is 5.58. The zero-order chi connectivity index (χ0) is 6.69. The molecule has 1 aliphatic rings. The van der Waals surface area contributed by atoms with E-state index in [9.17, 15) is 0 Å². The summed E-state index contributed by atoms with van der Waals surface area (Å²) in [7, 11) is -2.25. The third-order valence-corrected chi connectivity index (χ3v) is 3.58. The van der Waals surface area contributed by atoms with Crippen molar-refractivity contribution in [3.8, 4) is 0 Å². The normalized spacial score (nSPS) is 23.0. The van der Waals surface area contributed by atoms with Crippen LogP contribution in [0.25, 0.3) is 0 Å². The molecule has 0 atom stereocenters. The molecule has 54 valence electrons. The molecule has 0 bridgehead atoms. The third kappa shape index (κ3) is 2.08. The molecule has 2 N–H and O–H groups in total. The fourth-order valence-corrected chi connectivity index (χ4v) is 2.50. The van der Waals surface area contributed by atoms with E-state index in [4.69, 9.17) is 9.59 Å². The lowest BCUT2D eigenvalue weighted by molar-refractivity contribution is 0.351. The monoisotopic (exact) mass is 146 g/mol. The average Bonchev–Trinajstić information content (AvgIpc) is 1.90. The van der Waals surface area contributed by atoms with Gasteiger partial charge in [0.25, 0.3) is 0 Å². The van der Waals surface area contributed by atoms with Gasteiger partial charge in [0.1, 0.15) is 0 Å². The second kappa shape index (κ2) is 3.34. The first-order valence-electron chi connectivity index (χ1n) is 3.67. The largest absolute Gasteiger partial charge is 0.413 e. The van der Waals surface area contributed by atoms with Gasteiger partial charge in [-0.3, -0.25) is 0 Å². The first kappa shape index (κ1) is 7.25. The van der Waals surface area contributed by atoms with E-state index in [1.54, 1.807) is 0 Å². The second-order valence-electron chi connectivity index (χ2n) is 2.81. The van der Waals surface area contributed by atoms with Crippen LogP contribution in [0, 0.1) is 0 Å². The van der Waals surface area contributed by atoms with Crippen LogP contribution in [0.15, 0.2) is 0 Å². The summed E-state index contributed by atoms with van der Waals surface area (Å²) >= 11 is 0. The molecule has 2 nitrogen and oxygen atoms in total. The Hall–Kier alpha value is 0.137. The lowest BCUT2D eigenvalue weighted by Gasteiger charge is -2.20. The van der Waals surface area contributed by atoms with E-state index >= 15 is 0 Å². The molecule has 0 spiro atoms. The Morgan fingerprint density at radius 2 is 1.56 bits per heavy atom. The Morgan fingerprint density at radius 1 is 1.00 bits per heavy atom. The van der Waals surface area contributed by atoms with Crippen LogP contribution in [0.2, 0.25) is 5.54 Å². The molecule has 0 aliphatic heterocycles. The van der Waals surface area contributed by atoms with Gasteiger partial charge in [-0.2, -0.15) is 0 Å². The van der Waals surface area contributed by atoms with Crippen LogP contribution < -0.4 is 0 Å². The van der Waals surface area contributed by atoms with Crippen LogP contribution in [0.3, 0.4) is 0 Å². The van der Waals surface area contributed by atoms with E-state index < -0.39 is 9.28 Å². The molecule has 0 saturated heterocycles. The molecule has 0 amide bonds. The second-order valence-corrected chi connectivity index (χ2v) is 4.58. The highest BCUT2D eigenvalue weighted by molar-refractivity contribution is 6.43. The minimum atomic E-state index is -2.25. The first-order valence-corrected chi connectivity index (χ1v) is 5.37. The van der Waals surface area contributed by atoms with Crippen molar-refractivity contribution >= 4 is 9.28 Å². The third-order valence-electron chi connectivity index (χ3n) is 2.07. The molecule has 0 aromatic rings. The van der Waals surface area contributed by atoms with Crippen molar-refractivity contribution in [2.24, 2.45) is 0 Å². The van der Waals surface area contributed by atoms with E-state index in [0.29, 0.717) is 5.54 Å². The lowest BCUT2D eigenvalue weighted by Crippen LogP contribution is -2.22.